The van der Waals surface area contributed by atoms with E-state index in [1.165, 1.54) is 12.8 Å². The molecule has 1 saturated heterocycles. The molecule has 0 spiro atoms. The summed E-state index contributed by atoms with van der Waals surface area (Å²) in [5.74, 6) is 1.53. The lowest BCUT2D eigenvalue weighted by Gasteiger charge is -2.40. The largest absolute Gasteiger partial charge is 0.444 e. The number of carbonyl (C=O) groups is 2. The van der Waals surface area contributed by atoms with Crippen LogP contribution in [0.1, 0.15) is 73.1 Å². The van der Waals surface area contributed by atoms with Crippen LogP contribution in [0.25, 0.3) is 0 Å². The van der Waals surface area contributed by atoms with E-state index in [0.29, 0.717) is 25.4 Å². The number of nitrogens with one attached hydrogen (secondary N) is 2. The van der Waals surface area contributed by atoms with Crippen LogP contribution in [0.15, 0.2) is 4.99 Å². The van der Waals surface area contributed by atoms with Gasteiger partial charge < -0.3 is 25.2 Å². The van der Waals surface area contributed by atoms with Crippen LogP contribution in [0, 0.1) is 5.92 Å². The number of hydrogen-bond acceptors (Lipinski definition) is 4. The van der Waals surface area contributed by atoms with Gasteiger partial charge in [-0.2, -0.15) is 0 Å². The molecule has 1 aliphatic carbocycles. The molecule has 0 aromatic carbocycles. The summed E-state index contributed by atoms with van der Waals surface area (Å²) in [5, 5.41) is 6.24. The molecule has 178 valence electrons. The van der Waals surface area contributed by atoms with Gasteiger partial charge in [-0.15, -0.1) is 0 Å². The van der Waals surface area contributed by atoms with Crippen molar-refractivity contribution in [2.24, 2.45) is 10.9 Å². The van der Waals surface area contributed by atoms with Gasteiger partial charge in [-0.25, -0.2) is 4.79 Å². The Labute approximate surface area is 188 Å². The topological polar surface area (TPSA) is 86.3 Å². The molecular formula is C23H43N5O3. The van der Waals surface area contributed by atoms with Gasteiger partial charge in [0.25, 0.3) is 0 Å². The Balaban J connectivity index is 1.91. The summed E-state index contributed by atoms with van der Waals surface area (Å²) >= 11 is 0. The highest BCUT2D eigenvalue weighted by Gasteiger charge is 2.35. The van der Waals surface area contributed by atoms with Crippen molar-refractivity contribution < 1.29 is 14.3 Å². The van der Waals surface area contributed by atoms with Crippen molar-refractivity contribution in [2.45, 2.75) is 84.8 Å². The van der Waals surface area contributed by atoms with Crippen molar-refractivity contribution in [3.05, 3.63) is 0 Å². The Bertz CT molecular complexity index is 605. The van der Waals surface area contributed by atoms with Crippen LogP contribution >= 0.6 is 0 Å². The fraction of sp³-hybridized carbons (Fsp3) is 0.870. The Morgan fingerprint density at radius 1 is 1.10 bits per heavy atom. The van der Waals surface area contributed by atoms with Gasteiger partial charge in [0.05, 0.1) is 6.54 Å². The average molecular weight is 438 g/mol. The molecule has 0 radical (unpaired) electrons. The molecule has 1 aliphatic heterocycles. The Kier molecular flexibility index (Phi) is 9.91. The lowest BCUT2D eigenvalue weighted by atomic mass is 10.0. The summed E-state index contributed by atoms with van der Waals surface area (Å²) in [6.45, 7) is 14.3. The summed E-state index contributed by atoms with van der Waals surface area (Å²) in [6, 6.07) is 0.203. The number of aliphatic imine (C=N–C) groups is 1. The van der Waals surface area contributed by atoms with Crippen LogP contribution in [0.4, 0.5) is 4.79 Å². The van der Waals surface area contributed by atoms with E-state index in [0.717, 1.165) is 51.4 Å². The maximum Gasteiger partial charge on any atom is 0.410 e. The van der Waals surface area contributed by atoms with Crippen LogP contribution in [0.2, 0.25) is 0 Å². The van der Waals surface area contributed by atoms with Gasteiger partial charge in [0, 0.05) is 45.2 Å². The van der Waals surface area contributed by atoms with Crippen LogP contribution in [0.3, 0.4) is 0 Å². The number of ether oxygens (including phenoxy) is 1. The number of likely N-dealkylation sites (tertiary alicyclic amines) is 1. The summed E-state index contributed by atoms with van der Waals surface area (Å²) < 4.78 is 5.70. The first-order valence-electron chi connectivity index (χ1n) is 12.0. The van der Waals surface area contributed by atoms with Crippen molar-refractivity contribution in [3.63, 3.8) is 0 Å². The molecule has 2 fully saturated rings. The fourth-order valence-electron chi connectivity index (χ4n) is 3.70. The van der Waals surface area contributed by atoms with E-state index in [4.69, 9.17) is 4.74 Å². The second-order valence-electron chi connectivity index (χ2n) is 9.63. The third kappa shape index (κ3) is 9.35. The van der Waals surface area contributed by atoms with Crippen molar-refractivity contribution in [3.8, 4) is 0 Å². The molecule has 1 heterocycles. The molecule has 0 bridgehead atoms. The number of carbonyl (C=O) groups excluding carboxylic acids is 2. The minimum absolute atomic E-state index is 0.0493. The van der Waals surface area contributed by atoms with Crippen LogP contribution in [-0.4, -0.2) is 78.7 Å². The number of piperidine rings is 1. The molecule has 0 aromatic rings. The standard InChI is InChI=1S/C23H43N5O3/c1-6-13-25-20(29)10-14-26-21(24-7-2)27-15-11-19(12-16-27)28(17-18-8-9-18)22(30)31-23(3,4)5/h18-19H,6-17H2,1-5H3,(H,24,26)(H,25,29). The first kappa shape index (κ1) is 25.3. The zero-order valence-electron chi connectivity index (χ0n) is 20.2. The average Bonchev–Trinajstić information content (AvgIpc) is 3.53. The van der Waals surface area contributed by atoms with Crippen molar-refractivity contribution in [2.75, 3.05) is 39.3 Å². The first-order chi connectivity index (χ1) is 14.7. The fourth-order valence-corrected chi connectivity index (χ4v) is 3.70. The van der Waals surface area contributed by atoms with Gasteiger partial charge in [0.15, 0.2) is 5.96 Å². The Morgan fingerprint density at radius 3 is 2.32 bits per heavy atom. The summed E-state index contributed by atoms with van der Waals surface area (Å²) in [5.41, 5.74) is -0.478. The van der Waals surface area contributed by atoms with Gasteiger partial charge in [-0.1, -0.05) is 6.92 Å². The van der Waals surface area contributed by atoms with E-state index in [1.807, 2.05) is 32.6 Å². The number of amides is 2. The predicted molar refractivity (Wildman–Crippen MR) is 124 cm³/mol. The van der Waals surface area contributed by atoms with Crippen molar-refractivity contribution in [1.82, 2.24) is 20.4 Å². The molecule has 0 aromatic heterocycles. The molecule has 2 rings (SSSR count). The van der Waals surface area contributed by atoms with E-state index in [1.54, 1.807) is 0 Å². The van der Waals surface area contributed by atoms with Crippen LogP contribution in [0.5, 0.6) is 0 Å². The Hall–Kier alpha value is -1.99. The zero-order chi connectivity index (χ0) is 22.9. The minimum atomic E-state index is -0.478. The lowest BCUT2D eigenvalue weighted by molar-refractivity contribution is -0.120. The molecule has 2 aliphatic rings. The molecule has 8 heteroatoms. The smallest absolute Gasteiger partial charge is 0.410 e. The van der Waals surface area contributed by atoms with Gasteiger partial charge in [0.2, 0.25) is 5.91 Å². The third-order valence-electron chi connectivity index (χ3n) is 5.49. The van der Waals surface area contributed by atoms with Gasteiger partial charge in [0.1, 0.15) is 5.60 Å². The summed E-state index contributed by atoms with van der Waals surface area (Å²) in [7, 11) is 0. The van der Waals surface area contributed by atoms with E-state index in [2.05, 4.69) is 27.4 Å². The second-order valence-corrected chi connectivity index (χ2v) is 9.63. The van der Waals surface area contributed by atoms with Gasteiger partial charge in [-0.05, 0) is 65.7 Å². The normalized spacial score (nSPS) is 18.0. The first-order valence-corrected chi connectivity index (χ1v) is 12.0. The highest BCUT2D eigenvalue weighted by atomic mass is 16.6. The molecular weight excluding hydrogens is 394 g/mol. The number of guanidine groups is 1. The van der Waals surface area contributed by atoms with Crippen molar-refractivity contribution >= 4 is 18.0 Å². The van der Waals surface area contributed by atoms with E-state index in [9.17, 15) is 9.59 Å². The molecule has 0 atom stereocenters. The molecule has 2 amide bonds. The quantitative estimate of drug-likeness (QED) is 0.428. The Morgan fingerprint density at radius 2 is 1.77 bits per heavy atom. The highest BCUT2D eigenvalue weighted by Crippen LogP contribution is 2.32. The monoisotopic (exact) mass is 437 g/mol. The molecule has 0 unspecified atom stereocenters. The maximum atomic E-state index is 12.8. The summed E-state index contributed by atoms with van der Waals surface area (Å²) in [4.78, 5) is 33.5. The highest BCUT2D eigenvalue weighted by molar-refractivity contribution is 5.81. The lowest BCUT2D eigenvalue weighted by Crippen LogP contribution is -2.52. The number of nitrogens with zero attached hydrogens (tertiary/aromatic N) is 3. The van der Waals surface area contributed by atoms with Crippen molar-refractivity contribution in [1.29, 1.82) is 0 Å². The summed E-state index contributed by atoms with van der Waals surface area (Å²) in [6.07, 6.45) is 5.37. The van der Waals surface area contributed by atoms with Crippen LogP contribution < -0.4 is 10.6 Å². The van der Waals surface area contributed by atoms with Gasteiger partial charge >= 0.3 is 6.09 Å². The predicted octanol–water partition coefficient (Wildman–Crippen LogP) is 2.98. The molecule has 1 saturated carbocycles. The number of hydrogen-bond donors (Lipinski definition) is 2. The number of rotatable bonds is 9. The van der Waals surface area contributed by atoms with Gasteiger partial charge in [-0.3, -0.25) is 9.79 Å². The minimum Gasteiger partial charge on any atom is -0.444 e. The SMILES string of the molecule is CCCNC(=O)CCN=C(NCC)N1CCC(N(CC2CC2)C(=O)OC(C)(C)C)CC1. The second kappa shape index (κ2) is 12.2. The molecule has 31 heavy (non-hydrogen) atoms. The molecule has 8 nitrogen and oxygen atoms in total. The maximum absolute atomic E-state index is 12.8. The van der Waals surface area contributed by atoms with Crippen LogP contribution in [-0.2, 0) is 9.53 Å². The zero-order valence-corrected chi connectivity index (χ0v) is 20.2. The van der Waals surface area contributed by atoms with E-state index in [-0.39, 0.29) is 18.0 Å². The molecule has 2 N–H and O–H groups in total. The van der Waals surface area contributed by atoms with E-state index < -0.39 is 5.60 Å². The van der Waals surface area contributed by atoms with E-state index >= 15 is 0 Å². The third-order valence-corrected chi connectivity index (χ3v) is 5.49.